The second kappa shape index (κ2) is 6.73. The van der Waals surface area contributed by atoms with Crippen LogP contribution in [0, 0.1) is 0 Å². The summed E-state index contributed by atoms with van der Waals surface area (Å²) < 4.78 is 9.26. The molecule has 0 heterocycles. The number of thioether (sulfide) groups is 1. The van der Waals surface area contributed by atoms with Crippen molar-refractivity contribution in [3.8, 4) is 0 Å². The van der Waals surface area contributed by atoms with E-state index in [4.69, 9.17) is 5.73 Å². The predicted octanol–water partition coefficient (Wildman–Crippen LogP) is 0.724. The van der Waals surface area contributed by atoms with Crippen LogP contribution in [0.4, 0.5) is 4.79 Å². The Bertz CT molecular complexity index is 185. The molecule has 0 aliphatic rings. The third-order valence-electron chi connectivity index (χ3n) is 0.932. The largest absolute Gasteiger partial charge is 0.426 e. The van der Waals surface area contributed by atoms with Gasteiger partial charge >= 0.3 is 11.3 Å². The standard InChI is InChI=1S/C7H13NO4S/c1-5(9)11-6(2)12-7(10)13-4-3-8/h6H,3-4,8H2,1-2H3/t6-/m1/s1. The lowest BCUT2D eigenvalue weighted by Gasteiger charge is -2.11. The van der Waals surface area contributed by atoms with E-state index < -0.39 is 17.6 Å². The van der Waals surface area contributed by atoms with Gasteiger partial charge in [0, 0.05) is 26.1 Å². The van der Waals surface area contributed by atoms with E-state index >= 15 is 0 Å². The smallest absolute Gasteiger partial charge is 0.370 e. The minimum Gasteiger partial charge on any atom is -0.426 e. The molecule has 0 aromatic carbocycles. The second-order valence-corrected chi connectivity index (χ2v) is 3.21. The minimum absolute atomic E-state index is 0.404. The fourth-order valence-electron chi connectivity index (χ4n) is 0.570. The Morgan fingerprint density at radius 2 is 2.08 bits per heavy atom. The van der Waals surface area contributed by atoms with E-state index in [1.165, 1.54) is 13.8 Å². The Morgan fingerprint density at radius 1 is 1.46 bits per heavy atom. The number of rotatable bonds is 4. The van der Waals surface area contributed by atoms with Gasteiger partial charge in [-0.1, -0.05) is 0 Å². The zero-order valence-corrected chi connectivity index (χ0v) is 8.43. The Hall–Kier alpha value is -0.750. The summed E-state index contributed by atoms with van der Waals surface area (Å²) in [4.78, 5) is 21.3. The lowest BCUT2D eigenvalue weighted by Crippen LogP contribution is -2.18. The first-order valence-electron chi connectivity index (χ1n) is 3.77. The van der Waals surface area contributed by atoms with Crippen molar-refractivity contribution in [2.24, 2.45) is 5.73 Å². The number of hydrogen-bond donors (Lipinski definition) is 1. The van der Waals surface area contributed by atoms with Gasteiger partial charge in [-0.3, -0.25) is 4.79 Å². The molecule has 76 valence electrons. The van der Waals surface area contributed by atoms with Crippen LogP contribution in [0.2, 0.25) is 0 Å². The maximum Gasteiger partial charge on any atom is 0.370 e. The van der Waals surface area contributed by atoms with Gasteiger partial charge in [-0.2, -0.15) is 0 Å². The Balaban J connectivity index is 3.59. The summed E-state index contributed by atoms with van der Waals surface area (Å²) in [5.41, 5.74) is 5.17. The van der Waals surface area contributed by atoms with Crippen molar-refractivity contribution in [3.05, 3.63) is 0 Å². The summed E-state index contributed by atoms with van der Waals surface area (Å²) in [6, 6.07) is 0. The van der Waals surface area contributed by atoms with E-state index in [2.05, 4.69) is 9.47 Å². The van der Waals surface area contributed by atoms with Gasteiger partial charge in [0.2, 0.25) is 6.29 Å². The average Bonchev–Trinajstić information content (AvgIpc) is 1.98. The first-order valence-corrected chi connectivity index (χ1v) is 4.75. The molecule has 13 heavy (non-hydrogen) atoms. The molecule has 5 nitrogen and oxygen atoms in total. The summed E-state index contributed by atoms with van der Waals surface area (Å²) in [7, 11) is 0. The van der Waals surface area contributed by atoms with Crippen LogP contribution in [-0.4, -0.2) is 29.9 Å². The van der Waals surface area contributed by atoms with Crippen molar-refractivity contribution in [2.75, 3.05) is 12.3 Å². The quantitative estimate of drug-likeness (QED) is 0.540. The normalized spacial score (nSPS) is 11.9. The first-order chi connectivity index (χ1) is 6.06. The predicted molar refractivity (Wildman–Crippen MR) is 49.2 cm³/mol. The van der Waals surface area contributed by atoms with Crippen LogP contribution in [0.15, 0.2) is 0 Å². The number of hydrogen-bond acceptors (Lipinski definition) is 6. The molecule has 0 aliphatic carbocycles. The Labute approximate surface area is 80.9 Å². The van der Waals surface area contributed by atoms with Crippen LogP contribution in [0.5, 0.6) is 0 Å². The molecule has 0 fully saturated rings. The van der Waals surface area contributed by atoms with Crippen molar-refractivity contribution < 1.29 is 19.1 Å². The number of carbonyl (C=O) groups is 2. The van der Waals surface area contributed by atoms with Crippen LogP contribution >= 0.6 is 11.8 Å². The summed E-state index contributed by atoms with van der Waals surface area (Å²) in [5.74, 6) is 0.00940. The van der Waals surface area contributed by atoms with Crippen molar-refractivity contribution in [3.63, 3.8) is 0 Å². The molecular weight excluding hydrogens is 194 g/mol. The maximum atomic E-state index is 10.9. The van der Waals surface area contributed by atoms with Crippen molar-refractivity contribution in [1.29, 1.82) is 0 Å². The van der Waals surface area contributed by atoms with E-state index in [1.54, 1.807) is 0 Å². The van der Waals surface area contributed by atoms with Gasteiger partial charge in [0.05, 0.1) is 0 Å². The van der Waals surface area contributed by atoms with Crippen LogP contribution < -0.4 is 5.73 Å². The fraction of sp³-hybridized carbons (Fsp3) is 0.714. The van der Waals surface area contributed by atoms with Gasteiger partial charge in [-0.05, 0) is 11.8 Å². The van der Waals surface area contributed by atoms with E-state index in [0.29, 0.717) is 12.3 Å². The SMILES string of the molecule is CC(=O)O[C@@H](C)OC(=O)SCCN. The van der Waals surface area contributed by atoms with Gasteiger partial charge in [0.15, 0.2) is 0 Å². The molecule has 0 spiro atoms. The molecule has 0 aliphatic heterocycles. The number of nitrogens with two attached hydrogens (primary N) is 1. The van der Waals surface area contributed by atoms with Crippen LogP contribution in [0.3, 0.4) is 0 Å². The summed E-state index contributed by atoms with van der Waals surface area (Å²) in [6.07, 6.45) is -0.838. The van der Waals surface area contributed by atoms with Crippen molar-refractivity contribution in [1.82, 2.24) is 0 Å². The molecule has 1 atom stereocenters. The topological polar surface area (TPSA) is 78.6 Å². The van der Waals surface area contributed by atoms with Gasteiger partial charge in [0.25, 0.3) is 0 Å². The molecule has 0 aromatic rings. The van der Waals surface area contributed by atoms with Gasteiger partial charge in [0.1, 0.15) is 0 Å². The highest BCUT2D eigenvalue weighted by Gasteiger charge is 2.11. The van der Waals surface area contributed by atoms with E-state index in [9.17, 15) is 9.59 Å². The third kappa shape index (κ3) is 7.61. The highest BCUT2D eigenvalue weighted by molar-refractivity contribution is 8.13. The molecule has 0 rings (SSSR count). The van der Waals surface area contributed by atoms with Crippen molar-refractivity contribution in [2.45, 2.75) is 20.1 Å². The van der Waals surface area contributed by atoms with Gasteiger partial charge in [-0.15, -0.1) is 0 Å². The Kier molecular flexibility index (Phi) is 6.34. The number of carbonyl (C=O) groups excluding carboxylic acids is 2. The molecule has 6 heteroatoms. The minimum atomic E-state index is -0.838. The van der Waals surface area contributed by atoms with E-state index in [0.717, 1.165) is 11.8 Å². The fourth-order valence-corrected chi connectivity index (χ4v) is 1.06. The van der Waals surface area contributed by atoms with Gasteiger partial charge in [-0.25, -0.2) is 4.79 Å². The first kappa shape index (κ1) is 12.2. The zero-order chi connectivity index (χ0) is 10.3. The molecule has 0 saturated carbocycles. The highest BCUT2D eigenvalue weighted by atomic mass is 32.2. The summed E-state index contributed by atoms with van der Waals surface area (Å²) in [5, 5.41) is -0.487. The molecule has 0 bridgehead atoms. The lowest BCUT2D eigenvalue weighted by atomic mass is 10.7. The average molecular weight is 207 g/mol. The molecule has 0 amide bonds. The van der Waals surface area contributed by atoms with Gasteiger partial charge < -0.3 is 15.2 Å². The molecular formula is C7H13NO4S. The van der Waals surface area contributed by atoms with E-state index in [1.807, 2.05) is 0 Å². The summed E-state index contributed by atoms with van der Waals surface area (Å²) in [6.45, 7) is 3.13. The molecule has 2 N–H and O–H groups in total. The molecule has 0 aromatic heterocycles. The van der Waals surface area contributed by atoms with Crippen molar-refractivity contribution >= 4 is 23.0 Å². The number of esters is 1. The zero-order valence-electron chi connectivity index (χ0n) is 7.61. The lowest BCUT2D eigenvalue weighted by molar-refractivity contribution is -0.160. The second-order valence-electron chi connectivity index (χ2n) is 2.18. The van der Waals surface area contributed by atoms with Crippen LogP contribution in [0.25, 0.3) is 0 Å². The molecule has 0 radical (unpaired) electrons. The maximum absolute atomic E-state index is 10.9. The molecule has 0 saturated heterocycles. The third-order valence-corrected chi connectivity index (χ3v) is 1.70. The molecule has 0 unspecified atom stereocenters. The van der Waals surface area contributed by atoms with Crippen LogP contribution in [-0.2, 0) is 14.3 Å². The summed E-state index contributed by atoms with van der Waals surface area (Å²) >= 11 is 0.954. The highest BCUT2D eigenvalue weighted by Crippen LogP contribution is 2.07. The Morgan fingerprint density at radius 3 is 2.54 bits per heavy atom. The van der Waals surface area contributed by atoms with E-state index in [-0.39, 0.29) is 0 Å². The monoisotopic (exact) mass is 207 g/mol. The van der Waals surface area contributed by atoms with Crippen LogP contribution in [0.1, 0.15) is 13.8 Å². The number of ether oxygens (including phenoxy) is 2.